The molecule has 0 fully saturated rings. The first-order valence-corrected chi connectivity index (χ1v) is 6.86. The van der Waals surface area contributed by atoms with Crippen molar-refractivity contribution in [2.45, 2.75) is 6.04 Å². The summed E-state index contributed by atoms with van der Waals surface area (Å²) in [7, 11) is 1.99. The zero-order chi connectivity index (χ0) is 12.4. The average molecular weight is 254 g/mol. The Morgan fingerprint density at radius 3 is 2.83 bits per heavy atom. The van der Waals surface area contributed by atoms with Gasteiger partial charge in [0.05, 0.1) is 6.04 Å². The molecule has 1 aromatic carbocycles. The van der Waals surface area contributed by atoms with Gasteiger partial charge in [0.2, 0.25) is 0 Å². The van der Waals surface area contributed by atoms with Gasteiger partial charge in [-0.05, 0) is 40.4 Å². The Hall–Kier alpha value is -1.71. The normalized spacial score (nSPS) is 12.7. The summed E-state index contributed by atoms with van der Waals surface area (Å²) in [6.07, 6.45) is 3.88. The van der Waals surface area contributed by atoms with Crippen LogP contribution in [-0.2, 0) is 0 Å². The van der Waals surface area contributed by atoms with E-state index in [0.717, 1.165) is 0 Å². The van der Waals surface area contributed by atoms with Crippen LogP contribution in [0.25, 0.3) is 10.8 Å². The van der Waals surface area contributed by atoms with Crippen molar-refractivity contribution in [3.05, 3.63) is 64.6 Å². The Kier molecular flexibility index (Phi) is 3.09. The van der Waals surface area contributed by atoms with Gasteiger partial charge in [0.1, 0.15) is 0 Å². The number of aromatic nitrogens is 1. The second kappa shape index (κ2) is 4.88. The molecule has 0 spiro atoms. The molecule has 1 N–H and O–H groups in total. The quantitative estimate of drug-likeness (QED) is 0.772. The number of benzene rings is 1. The lowest BCUT2D eigenvalue weighted by molar-refractivity contribution is 0.697. The molecule has 0 aliphatic heterocycles. The van der Waals surface area contributed by atoms with Crippen LogP contribution in [0, 0.1) is 0 Å². The summed E-state index contributed by atoms with van der Waals surface area (Å²) in [6, 6.07) is 10.7. The van der Waals surface area contributed by atoms with Crippen LogP contribution in [0.2, 0.25) is 0 Å². The van der Waals surface area contributed by atoms with Crippen molar-refractivity contribution in [3.8, 4) is 0 Å². The summed E-state index contributed by atoms with van der Waals surface area (Å²) in [4.78, 5) is 4.35. The van der Waals surface area contributed by atoms with E-state index >= 15 is 0 Å². The molecule has 3 rings (SSSR count). The number of nitrogens with one attached hydrogen (secondary N) is 1. The summed E-state index contributed by atoms with van der Waals surface area (Å²) in [5, 5.41) is 10.1. The predicted octanol–water partition coefficient (Wildman–Crippen LogP) is 3.61. The van der Waals surface area contributed by atoms with Crippen LogP contribution < -0.4 is 5.32 Å². The Morgan fingerprint density at radius 1 is 1.17 bits per heavy atom. The van der Waals surface area contributed by atoms with E-state index in [9.17, 15) is 0 Å². The first kappa shape index (κ1) is 11.4. The molecule has 0 saturated carbocycles. The molecule has 3 heteroatoms. The highest BCUT2D eigenvalue weighted by Crippen LogP contribution is 2.28. The summed E-state index contributed by atoms with van der Waals surface area (Å²) >= 11 is 1.72. The van der Waals surface area contributed by atoms with Crippen molar-refractivity contribution in [1.29, 1.82) is 0 Å². The fraction of sp³-hybridized carbons (Fsp3) is 0.133. The minimum absolute atomic E-state index is 0.204. The topological polar surface area (TPSA) is 24.9 Å². The molecule has 0 aliphatic rings. The number of nitrogens with zero attached hydrogens (tertiary/aromatic N) is 1. The lowest BCUT2D eigenvalue weighted by atomic mass is 9.98. The maximum Gasteiger partial charge on any atom is 0.0603 e. The summed E-state index contributed by atoms with van der Waals surface area (Å²) in [6.45, 7) is 0. The Balaban J connectivity index is 2.18. The molecular formula is C15H14N2S. The van der Waals surface area contributed by atoms with Crippen LogP contribution in [0.4, 0.5) is 0 Å². The zero-order valence-corrected chi connectivity index (χ0v) is 10.9. The van der Waals surface area contributed by atoms with Gasteiger partial charge in [-0.3, -0.25) is 4.98 Å². The van der Waals surface area contributed by atoms with Gasteiger partial charge in [0, 0.05) is 17.8 Å². The Labute approximate surface area is 110 Å². The van der Waals surface area contributed by atoms with E-state index in [4.69, 9.17) is 0 Å². The highest BCUT2D eigenvalue weighted by molar-refractivity contribution is 7.08. The van der Waals surface area contributed by atoms with Gasteiger partial charge in [-0.25, -0.2) is 0 Å². The maximum absolute atomic E-state index is 4.35. The second-order valence-electron chi connectivity index (χ2n) is 4.23. The van der Waals surface area contributed by atoms with Gasteiger partial charge < -0.3 is 5.32 Å². The molecule has 90 valence electrons. The number of thiophene rings is 1. The van der Waals surface area contributed by atoms with Gasteiger partial charge in [-0.2, -0.15) is 11.3 Å². The van der Waals surface area contributed by atoms with Crippen LogP contribution in [-0.4, -0.2) is 12.0 Å². The van der Waals surface area contributed by atoms with Crippen molar-refractivity contribution in [1.82, 2.24) is 10.3 Å². The SMILES string of the molecule is CNC(c1ccsc1)c1cncc2ccccc12. The molecule has 0 amide bonds. The highest BCUT2D eigenvalue weighted by atomic mass is 32.1. The maximum atomic E-state index is 4.35. The van der Waals surface area contributed by atoms with Crippen LogP contribution in [0.5, 0.6) is 0 Å². The molecule has 0 saturated heterocycles. The molecule has 2 heterocycles. The van der Waals surface area contributed by atoms with E-state index in [1.54, 1.807) is 11.3 Å². The fourth-order valence-electron chi connectivity index (χ4n) is 2.31. The first-order valence-electron chi connectivity index (χ1n) is 5.92. The van der Waals surface area contributed by atoms with Crippen molar-refractivity contribution in [2.24, 2.45) is 0 Å². The van der Waals surface area contributed by atoms with E-state index in [0.29, 0.717) is 0 Å². The van der Waals surface area contributed by atoms with Gasteiger partial charge >= 0.3 is 0 Å². The zero-order valence-electron chi connectivity index (χ0n) is 10.1. The number of hydrogen-bond acceptors (Lipinski definition) is 3. The molecular weight excluding hydrogens is 240 g/mol. The largest absolute Gasteiger partial charge is 0.309 e. The van der Waals surface area contributed by atoms with Crippen LogP contribution >= 0.6 is 11.3 Å². The van der Waals surface area contributed by atoms with Crippen molar-refractivity contribution >= 4 is 22.1 Å². The molecule has 0 aliphatic carbocycles. The van der Waals surface area contributed by atoms with Gasteiger partial charge in [-0.15, -0.1) is 0 Å². The number of pyridine rings is 1. The third kappa shape index (κ3) is 1.92. The van der Waals surface area contributed by atoms with Crippen molar-refractivity contribution < 1.29 is 0 Å². The van der Waals surface area contributed by atoms with Crippen LogP contribution in [0.15, 0.2) is 53.5 Å². The third-order valence-electron chi connectivity index (χ3n) is 3.18. The molecule has 0 bridgehead atoms. The summed E-state index contributed by atoms with van der Waals surface area (Å²) in [5.41, 5.74) is 2.52. The molecule has 18 heavy (non-hydrogen) atoms. The lowest BCUT2D eigenvalue weighted by Gasteiger charge is -2.17. The van der Waals surface area contributed by atoms with Crippen molar-refractivity contribution in [3.63, 3.8) is 0 Å². The third-order valence-corrected chi connectivity index (χ3v) is 3.88. The molecule has 3 aromatic rings. The monoisotopic (exact) mass is 254 g/mol. The second-order valence-corrected chi connectivity index (χ2v) is 5.01. The number of fused-ring (bicyclic) bond motifs is 1. The minimum Gasteiger partial charge on any atom is -0.309 e. The summed E-state index contributed by atoms with van der Waals surface area (Å²) < 4.78 is 0. The standard InChI is InChI=1S/C15H14N2S/c1-16-15(12-6-7-18-10-12)14-9-17-8-11-4-2-3-5-13(11)14/h2-10,15-16H,1H3. The fourth-order valence-corrected chi connectivity index (χ4v) is 3.00. The first-order chi connectivity index (χ1) is 8.90. The molecule has 2 aromatic heterocycles. The van der Waals surface area contributed by atoms with Crippen molar-refractivity contribution in [2.75, 3.05) is 7.05 Å². The number of rotatable bonds is 3. The Morgan fingerprint density at radius 2 is 2.06 bits per heavy atom. The van der Waals surface area contributed by atoms with E-state index in [-0.39, 0.29) is 6.04 Å². The summed E-state index contributed by atoms with van der Waals surface area (Å²) in [5.74, 6) is 0. The van der Waals surface area contributed by atoms with Crippen LogP contribution in [0.3, 0.4) is 0 Å². The van der Waals surface area contributed by atoms with E-state index in [1.807, 2.05) is 25.5 Å². The van der Waals surface area contributed by atoms with E-state index in [2.05, 4.69) is 45.3 Å². The predicted molar refractivity (Wildman–Crippen MR) is 77.0 cm³/mol. The van der Waals surface area contributed by atoms with E-state index < -0.39 is 0 Å². The Bertz CT molecular complexity index is 641. The average Bonchev–Trinajstić information content (AvgIpc) is 2.94. The minimum atomic E-state index is 0.204. The molecule has 1 unspecified atom stereocenters. The van der Waals surface area contributed by atoms with Gasteiger partial charge in [0.25, 0.3) is 0 Å². The molecule has 0 radical (unpaired) electrons. The van der Waals surface area contributed by atoms with Crippen LogP contribution in [0.1, 0.15) is 17.2 Å². The van der Waals surface area contributed by atoms with Gasteiger partial charge in [0.15, 0.2) is 0 Å². The lowest BCUT2D eigenvalue weighted by Crippen LogP contribution is -2.17. The highest BCUT2D eigenvalue weighted by Gasteiger charge is 2.15. The molecule has 1 atom stereocenters. The number of hydrogen-bond donors (Lipinski definition) is 1. The molecule has 2 nitrogen and oxygen atoms in total. The van der Waals surface area contributed by atoms with Gasteiger partial charge in [-0.1, -0.05) is 24.3 Å². The van der Waals surface area contributed by atoms with E-state index in [1.165, 1.54) is 21.9 Å². The smallest absolute Gasteiger partial charge is 0.0603 e.